The van der Waals surface area contributed by atoms with Gasteiger partial charge in [0.05, 0.1) is 4.90 Å². The molecule has 0 atom stereocenters. The molecule has 0 bridgehead atoms. The maximum atomic E-state index is 13.5. The van der Waals surface area contributed by atoms with E-state index in [2.05, 4.69) is 4.98 Å². The maximum Gasteiger partial charge on any atom is 0.236 e. The van der Waals surface area contributed by atoms with Gasteiger partial charge in [-0.1, -0.05) is 50.1 Å². The van der Waals surface area contributed by atoms with Crippen molar-refractivity contribution < 1.29 is 12.8 Å². The van der Waals surface area contributed by atoms with Crippen molar-refractivity contribution in [1.82, 2.24) is 4.98 Å². The van der Waals surface area contributed by atoms with E-state index in [1.54, 1.807) is 12.1 Å². The number of anilines is 1. The minimum atomic E-state index is -3.79. The summed E-state index contributed by atoms with van der Waals surface area (Å²) in [4.78, 5) is 6.77. The first-order chi connectivity index (χ1) is 14.1. The second-order valence-electron chi connectivity index (χ2n) is 7.40. The highest BCUT2D eigenvalue weighted by molar-refractivity contribution is 7.91. The first-order valence-corrected chi connectivity index (χ1v) is 11.7. The fourth-order valence-corrected chi connectivity index (χ4v) is 4.99. The molecule has 1 fully saturated rings. The van der Waals surface area contributed by atoms with Crippen LogP contribution in [0.4, 0.5) is 5.88 Å². The van der Waals surface area contributed by atoms with Gasteiger partial charge in [-0.25, -0.2) is 8.42 Å². The quantitative estimate of drug-likeness (QED) is 0.584. The van der Waals surface area contributed by atoms with Crippen LogP contribution in [0.15, 0.2) is 68.9 Å². The fraction of sp³-hybridized carbons (Fsp3) is 0.348. The molecule has 1 aromatic heterocycles. The van der Waals surface area contributed by atoms with Gasteiger partial charge < -0.3 is 9.32 Å². The molecule has 0 aliphatic carbocycles. The Morgan fingerprint density at radius 1 is 0.931 bits per heavy atom. The molecule has 0 amide bonds. The molecule has 0 N–H and O–H groups in total. The predicted octanol–water partition coefficient (Wildman–Crippen LogP) is 5.12. The van der Waals surface area contributed by atoms with Crippen molar-refractivity contribution in [3.05, 3.63) is 60.2 Å². The van der Waals surface area contributed by atoms with Crippen LogP contribution in [0.3, 0.4) is 0 Å². The van der Waals surface area contributed by atoms with Crippen molar-refractivity contribution in [2.45, 2.75) is 48.9 Å². The summed E-state index contributed by atoms with van der Waals surface area (Å²) in [5.41, 5.74) is 1.87. The number of aromatic nitrogens is 1. The third-order valence-corrected chi connectivity index (χ3v) is 7.06. The van der Waals surface area contributed by atoms with Crippen molar-refractivity contribution >= 4 is 15.7 Å². The van der Waals surface area contributed by atoms with Crippen molar-refractivity contribution in [1.29, 1.82) is 0 Å². The Labute approximate surface area is 172 Å². The molecule has 1 aliphatic heterocycles. The van der Waals surface area contributed by atoms with Gasteiger partial charge in [0.15, 0.2) is 0 Å². The first kappa shape index (κ1) is 19.7. The third-order valence-electron chi connectivity index (χ3n) is 5.39. The molecule has 5 nitrogen and oxygen atoms in total. The van der Waals surface area contributed by atoms with Crippen LogP contribution >= 0.6 is 0 Å². The van der Waals surface area contributed by atoms with Crippen LogP contribution in [0.2, 0.25) is 0 Å². The van der Waals surface area contributed by atoms with Crippen LogP contribution in [0.5, 0.6) is 0 Å². The molecule has 0 spiro atoms. The van der Waals surface area contributed by atoms with Crippen LogP contribution in [0.25, 0.3) is 11.5 Å². The van der Waals surface area contributed by atoms with E-state index < -0.39 is 9.84 Å². The topological polar surface area (TPSA) is 63.4 Å². The number of nitrogens with zero attached hydrogens (tertiary/aromatic N) is 2. The lowest BCUT2D eigenvalue weighted by Gasteiger charge is -2.20. The second-order valence-corrected chi connectivity index (χ2v) is 9.26. The Balaban J connectivity index is 1.82. The Morgan fingerprint density at radius 3 is 2.21 bits per heavy atom. The summed E-state index contributed by atoms with van der Waals surface area (Å²) in [5.74, 6) is 0.707. The van der Waals surface area contributed by atoms with Gasteiger partial charge in [0, 0.05) is 18.7 Å². The number of benzene rings is 2. The largest absolute Gasteiger partial charge is 0.419 e. The normalized spacial score (nSPS) is 15.3. The number of hydrogen-bond acceptors (Lipinski definition) is 5. The van der Waals surface area contributed by atoms with Gasteiger partial charge in [-0.3, -0.25) is 0 Å². The van der Waals surface area contributed by atoms with Crippen LogP contribution in [0.1, 0.15) is 38.2 Å². The standard InChI is InChI=1S/C23H26N2O3S/c1-2-18-12-14-20(15-13-18)29(26,27)22-23(25-16-8-3-4-9-17-25)28-21(24-22)19-10-6-5-7-11-19/h5-7,10-15H,2-4,8-9,16-17H2,1H3. The van der Waals surface area contributed by atoms with Gasteiger partial charge in [0.2, 0.25) is 26.6 Å². The van der Waals surface area contributed by atoms with Gasteiger partial charge in [-0.05, 0) is 49.1 Å². The Bertz CT molecular complexity index is 1050. The average Bonchev–Trinajstić information content (AvgIpc) is 3.04. The molecule has 2 aromatic carbocycles. The minimum Gasteiger partial charge on any atom is -0.419 e. The summed E-state index contributed by atoms with van der Waals surface area (Å²) in [6, 6.07) is 16.5. The summed E-state index contributed by atoms with van der Waals surface area (Å²) in [7, 11) is -3.79. The molecule has 0 radical (unpaired) electrons. The summed E-state index contributed by atoms with van der Waals surface area (Å²) in [5, 5.41) is 0.0162. The lowest BCUT2D eigenvalue weighted by molar-refractivity contribution is 0.543. The van der Waals surface area contributed by atoms with E-state index in [-0.39, 0.29) is 9.92 Å². The Morgan fingerprint density at radius 2 is 1.59 bits per heavy atom. The molecule has 0 unspecified atom stereocenters. The zero-order valence-electron chi connectivity index (χ0n) is 16.7. The molecule has 1 aliphatic rings. The van der Waals surface area contributed by atoms with Gasteiger partial charge >= 0.3 is 0 Å². The zero-order chi connectivity index (χ0) is 20.3. The highest BCUT2D eigenvalue weighted by atomic mass is 32.2. The lowest BCUT2D eigenvalue weighted by atomic mass is 10.2. The summed E-state index contributed by atoms with van der Waals surface area (Å²) >= 11 is 0. The van der Waals surface area contributed by atoms with Gasteiger partial charge in [-0.15, -0.1) is 0 Å². The van der Waals surface area contributed by atoms with Crippen LogP contribution in [-0.2, 0) is 16.3 Å². The molecule has 2 heterocycles. The van der Waals surface area contributed by atoms with E-state index in [0.29, 0.717) is 11.8 Å². The van der Waals surface area contributed by atoms with E-state index in [0.717, 1.165) is 56.3 Å². The molecule has 1 saturated heterocycles. The van der Waals surface area contributed by atoms with Crippen LogP contribution < -0.4 is 4.90 Å². The fourth-order valence-electron chi connectivity index (χ4n) is 3.67. The van der Waals surface area contributed by atoms with E-state index in [1.807, 2.05) is 54.3 Å². The van der Waals surface area contributed by atoms with Gasteiger partial charge in [0.1, 0.15) is 0 Å². The first-order valence-electron chi connectivity index (χ1n) is 10.2. The van der Waals surface area contributed by atoms with Crippen molar-refractivity contribution in [2.24, 2.45) is 0 Å². The van der Waals surface area contributed by atoms with Crippen LogP contribution in [0, 0.1) is 0 Å². The van der Waals surface area contributed by atoms with Gasteiger partial charge in [0.25, 0.3) is 0 Å². The molecule has 4 rings (SSSR count). The smallest absolute Gasteiger partial charge is 0.236 e. The van der Waals surface area contributed by atoms with Crippen molar-refractivity contribution in [2.75, 3.05) is 18.0 Å². The molecule has 0 saturated carbocycles. The second kappa shape index (κ2) is 8.41. The summed E-state index contributed by atoms with van der Waals surface area (Å²) in [6.07, 6.45) is 5.20. The summed E-state index contributed by atoms with van der Waals surface area (Å²) < 4.78 is 33.0. The van der Waals surface area contributed by atoms with E-state index in [4.69, 9.17) is 4.42 Å². The number of aryl methyl sites for hydroxylation is 1. The lowest BCUT2D eigenvalue weighted by Crippen LogP contribution is -2.25. The number of hydrogen-bond donors (Lipinski definition) is 0. The molecule has 3 aromatic rings. The van der Waals surface area contributed by atoms with Crippen molar-refractivity contribution in [3.8, 4) is 11.5 Å². The van der Waals surface area contributed by atoms with E-state index in [9.17, 15) is 8.42 Å². The van der Waals surface area contributed by atoms with Crippen molar-refractivity contribution in [3.63, 3.8) is 0 Å². The van der Waals surface area contributed by atoms with Gasteiger partial charge in [-0.2, -0.15) is 4.98 Å². The number of rotatable bonds is 5. The molecule has 152 valence electrons. The summed E-state index contributed by atoms with van der Waals surface area (Å²) in [6.45, 7) is 3.60. The highest BCUT2D eigenvalue weighted by Gasteiger charge is 2.31. The SMILES string of the molecule is CCc1ccc(S(=O)(=O)c2nc(-c3ccccc3)oc2N2CCCCCC2)cc1. The van der Waals surface area contributed by atoms with E-state index in [1.165, 1.54) is 0 Å². The van der Waals surface area contributed by atoms with E-state index >= 15 is 0 Å². The maximum absolute atomic E-state index is 13.5. The molecule has 29 heavy (non-hydrogen) atoms. The zero-order valence-corrected chi connectivity index (χ0v) is 17.5. The average molecular weight is 411 g/mol. The highest BCUT2D eigenvalue weighted by Crippen LogP contribution is 2.35. The predicted molar refractivity (Wildman–Crippen MR) is 114 cm³/mol. The molecule has 6 heteroatoms. The Kier molecular flexibility index (Phi) is 5.72. The Hall–Kier alpha value is -2.60. The molecular formula is C23H26N2O3S. The molecular weight excluding hydrogens is 384 g/mol. The minimum absolute atomic E-state index is 0.0162. The van der Waals surface area contributed by atoms with Crippen LogP contribution in [-0.4, -0.2) is 26.5 Å². The number of oxazole rings is 1. The monoisotopic (exact) mass is 410 g/mol. The number of sulfone groups is 1. The third kappa shape index (κ3) is 4.08.